The van der Waals surface area contributed by atoms with Gasteiger partial charge in [-0.3, -0.25) is 0 Å². The fraction of sp³-hybridized carbons (Fsp3) is 0.471. The van der Waals surface area contributed by atoms with Gasteiger partial charge in [0.25, 0.3) is 0 Å². The third kappa shape index (κ3) is 2.27. The van der Waals surface area contributed by atoms with E-state index in [1.54, 1.807) is 18.3 Å². The van der Waals surface area contributed by atoms with E-state index in [1.807, 2.05) is 6.92 Å². The van der Waals surface area contributed by atoms with Crippen LogP contribution in [0.2, 0.25) is 0 Å². The third-order valence-electron chi connectivity index (χ3n) is 4.71. The minimum atomic E-state index is -0.369. The number of aryl methyl sites for hydroxylation is 3. The molecule has 1 fully saturated rings. The molecule has 0 atom stereocenters. The predicted octanol–water partition coefficient (Wildman–Crippen LogP) is 4.73. The Morgan fingerprint density at radius 1 is 1.17 bits per heavy atom. The number of hydrogen-bond donors (Lipinski definition) is 0. The summed E-state index contributed by atoms with van der Waals surface area (Å²) in [5, 5.41) is 0. The quantitative estimate of drug-likeness (QED) is 0.682. The van der Waals surface area contributed by atoms with Crippen LogP contribution < -0.4 is 0 Å². The Morgan fingerprint density at radius 3 is 2.65 bits per heavy atom. The zero-order valence-electron chi connectivity index (χ0n) is 13.6. The lowest BCUT2D eigenvalue weighted by molar-refractivity contribution is 0.522. The summed E-state index contributed by atoms with van der Waals surface area (Å²) in [5.74, 6) is 1.28. The Balaban J connectivity index is 1.93. The van der Waals surface area contributed by atoms with Crippen molar-refractivity contribution in [3.8, 4) is 10.6 Å². The molecule has 0 aliphatic heterocycles. The molecular formula is C17H19FN4S. The molecule has 0 aromatic carbocycles. The van der Waals surface area contributed by atoms with Crippen molar-refractivity contribution in [3.63, 3.8) is 0 Å². The molecular weight excluding hydrogens is 311 g/mol. The van der Waals surface area contributed by atoms with Gasteiger partial charge in [0, 0.05) is 6.04 Å². The molecule has 0 radical (unpaired) electrons. The first-order valence-corrected chi connectivity index (χ1v) is 8.85. The van der Waals surface area contributed by atoms with Crippen LogP contribution in [0.15, 0.2) is 6.20 Å². The molecule has 0 spiro atoms. The highest BCUT2D eigenvalue weighted by molar-refractivity contribution is 7.22. The number of rotatable bonds is 2. The van der Waals surface area contributed by atoms with Gasteiger partial charge >= 0.3 is 0 Å². The van der Waals surface area contributed by atoms with Gasteiger partial charge in [0.05, 0.1) is 11.1 Å². The molecule has 0 amide bonds. The van der Waals surface area contributed by atoms with Gasteiger partial charge in [-0.15, -0.1) is 11.3 Å². The summed E-state index contributed by atoms with van der Waals surface area (Å²) in [5.41, 5.74) is 2.40. The van der Waals surface area contributed by atoms with Crippen molar-refractivity contribution in [2.45, 2.75) is 52.5 Å². The summed E-state index contributed by atoms with van der Waals surface area (Å²) in [6.45, 7) is 5.86. The summed E-state index contributed by atoms with van der Waals surface area (Å²) < 4.78 is 16.6. The lowest BCUT2D eigenvalue weighted by Crippen LogP contribution is -2.05. The number of nitrogens with zero attached hydrogens (tertiary/aromatic N) is 4. The smallest absolute Gasteiger partial charge is 0.168 e. The molecule has 3 aromatic rings. The van der Waals surface area contributed by atoms with E-state index in [1.165, 1.54) is 31.9 Å². The molecule has 4 nitrogen and oxygen atoms in total. The van der Waals surface area contributed by atoms with Gasteiger partial charge in [0.15, 0.2) is 5.82 Å². The predicted molar refractivity (Wildman–Crippen MR) is 90.3 cm³/mol. The molecule has 0 N–H and O–H groups in total. The first-order chi connectivity index (χ1) is 11.1. The van der Waals surface area contributed by atoms with Crippen LogP contribution in [0.5, 0.6) is 0 Å². The SMILES string of the molecule is Cc1ncc(F)c(-c2sc3c(nc(C)n3C3CCCC3)c2C)n1. The topological polar surface area (TPSA) is 43.6 Å². The first-order valence-electron chi connectivity index (χ1n) is 8.03. The molecule has 1 saturated carbocycles. The highest BCUT2D eigenvalue weighted by Crippen LogP contribution is 2.42. The lowest BCUT2D eigenvalue weighted by Gasteiger charge is -2.13. The van der Waals surface area contributed by atoms with E-state index in [0.29, 0.717) is 17.6 Å². The van der Waals surface area contributed by atoms with Gasteiger partial charge in [-0.05, 0) is 39.2 Å². The summed E-state index contributed by atoms with van der Waals surface area (Å²) in [4.78, 5) is 15.0. The number of imidazole rings is 1. The highest BCUT2D eigenvalue weighted by atomic mass is 32.1. The molecule has 4 rings (SSSR count). The average molecular weight is 330 g/mol. The van der Waals surface area contributed by atoms with E-state index in [2.05, 4.69) is 21.5 Å². The van der Waals surface area contributed by atoms with E-state index in [4.69, 9.17) is 4.98 Å². The average Bonchev–Trinajstić information content (AvgIpc) is 3.20. The fourth-order valence-corrected chi connectivity index (χ4v) is 4.94. The highest BCUT2D eigenvalue weighted by Gasteiger charge is 2.25. The van der Waals surface area contributed by atoms with Gasteiger partial charge in [-0.1, -0.05) is 12.8 Å². The minimum Gasteiger partial charge on any atom is -0.317 e. The molecule has 6 heteroatoms. The standard InChI is InChI=1S/C17H19FN4S/c1-9-14-17(22(11(3)21-14)12-6-4-5-7-12)23-16(9)15-13(18)8-19-10(2)20-15/h8,12H,4-7H2,1-3H3. The monoisotopic (exact) mass is 330 g/mol. The molecule has 0 unspecified atom stereocenters. The van der Waals surface area contributed by atoms with Gasteiger partial charge in [-0.2, -0.15) is 0 Å². The van der Waals surface area contributed by atoms with Gasteiger partial charge in [0.2, 0.25) is 0 Å². The Morgan fingerprint density at radius 2 is 1.91 bits per heavy atom. The van der Waals surface area contributed by atoms with Crippen molar-refractivity contribution in [3.05, 3.63) is 29.2 Å². The van der Waals surface area contributed by atoms with E-state index >= 15 is 0 Å². The maximum Gasteiger partial charge on any atom is 0.168 e. The van der Waals surface area contributed by atoms with E-state index in [-0.39, 0.29) is 5.82 Å². The van der Waals surface area contributed by atoms with E-state index in [9.17, 15) is 4.39 Å². The van der Waals surface area contributed by atoms with Gasteiger partial charge < -0.3 is 4.57 Å². The Bertz CT molecular complexity index is 890. The molecule has 1 aliphatic carbocycles. The van der Waals surface area contributed by atoms with Crippen LogP contribution in [-0.2, 0) is 0 Å². The molecule has 23 heavy (non-hydrogen) atoms. The number of thiophene rings is 1. The summed E-state index contributed by atoms with van der Waals surface area (Å²) in [7, 11) is 0. The van der Waals surface area contributed by atoms with Crippen molar-refractivity contribution in [2.24, 2.45) is 0 Å². The summed E-state index contributed by atoms with van der Waals surface area (Å²) >= 11 is 1.60. The van der Waals surface area contributed by atoms with Crippen LogP contribution in [0.25, 0.3) is 20.9 Å². The summed E-state index contributed by atoms with van der Waals surface area (Å²) in [6, 6.07) is 0.530. The van der Waals surface area contributed by atoms with Gasteiger partial charge in [-0.25, -0.2) is 19.3 Å². The van der Waals surface area contributed by atoms with Gasteiger partial charge in [0.1, 0.15) is 27.7 Å². The second kappa shape index (κ2) is 5.37. The molecule has 0 saturated heterocycles. The number of aromatic nitrogens is 4. The number of halogens is 1. The third-order valence-corrected chi connectivity index (χ3v) is 5.99. The van der Waals surface area contributed by atoms with Crippen LogP contribution in [0.4, 0.5) is 4.39 Å². The molecule has 0 bridgehead atoms. The van der Waals surface area contributed by atoms with Crippen LogP contribution >= 0.6 is 11.3 Å². The van der Waals surface area contributed by atoms with Crippen LogP contribution in [0.3, 0.4) is 0 Å². The largest absolute Gasteiger partial charge is 0.317 e. The molecule has 120 valence electrons. The van der Waals surface area contributed by atoms with Crippen LogP contribution in [-0.4, -0.2) is 19.5 Å². The van der Waals surface area contributed by atoms with Crippen molar-refractivity contribution in [2.75, 3.05) is 0 Å². The zero-order valence-corrected chi connectivity index (χ0v) is 14.4. The zero-order chi connectivity index (χ0) is 16.1. The fourth-order valence-electron chi connectivity index (χ4n) is 3.58. The van der Waals surface area contributed by atoms with Crippen molar-refractivity contribution in [1.82, 2.24) is 19.5 Å². The van der Waals surface area contributed by atoms with E-state index in [0.717, 1.165) is 26.6 Å². The van der Waals surface area contributed by atoms with Crippen molar-refractivity contribution in [1.29, 1.82) is 0 Å². The Hall–Kier alpha value is -1.82. The van der Waals surface area contributed by atoms with Crippen LogP contribution in [0, 0.1) is 26.6 Å². The normalized spacial score (nSPS) is 15.8. The lowest BCUT2D eigenvalue weighted by atomic mass is 10.2. The molecule has 3 aromatic heterocycles. The van der Waals surface area contributed by atoms with Crippen molar-refractivity contribution < 1.29 is 4.39 Å². The van der Waals surface area contributed by atoms with Crippen LogP contribution in [0.1, 0.15) is 48.9 Å². The Labute approximate surface area is 138 Å². The molecule has 1 aliphatic rings. The maximum atomic E-state index is 14.2. The molecule has 3 heterocycles. The number of hydrogen-bond acceptors (Lipinski definition) is 4. The minimum absolute atomic E-state index is 0.369. The summed E-state index contributed by atoms with van der Waals surface area (Å²) in [6.07, 6.45) is 6.23. The maximum absolute atomic E-state index is 14.2. The van der Waals surface area contributed by atoms with E-state index < -0.39 is 0 Å². The number of fused-ring (bicyclic) bond motifs is 1. The van der Waals surface area contributed by atoms with Crippen molar-refractivity contribution >= 4 is 21.7 Å². The first kappa shape index (κ1) is 14.8. The second-order valence-corrected chi connectivity index (χ2v) is 7.29. The Kier molecular flexibility index (Phi) is 3.44. The second-order valence-electron chi connectivity index (χ2n) is 6.29.